The second-order valence-corrected chi connectivity index (χ2v) is 8.31. The van der Waals surface area contributed by atoms with Crippen molar-refractivity contribution in [1.82, 2.24) is 4.57 Å². The van der Waals surface area contributed by atoms with Crippen molar-refractivity contribution in [2.75, 3.05) is 10.6 Å². The Bertz CT molecular complexity index is 1260. The average Bonchev–Trinajstić information content (AvgIpc) is 3.11. The molecule has 0 unspecified atom stereocenters. The average molecular weight is 424 g/mol. The van der Waals surface area contributed by atoms with Crippen LogP contribution in [0.5, 0.6) is 0 Å². The number of nitrogens with one attached hydrogen (secondary N) is 2. The third-order valence-corrected chi connectivity index (χ3v) is 6.09. The highest BCUT2D eigenvalue weighted by molar-refractivity contribution is 6.07. The Morgan fingerprint density at radius 3 is 2.22 bits per heavy atom. The Kier molecular flexibility index (Phi) is 5.46. The highest BCUT2D eigenvalue weighted by Crippen LogP contribution is 2.29. The predicted octanol–water partition coefficient (Wildman–Crippen LogP) is 5.68. The van der Waals surface area contributed by atoms with Crippen LogP contribution in [0.2, 0.25) is 0 Å². The van der Waals surface area contributed by atoms with Crippen LogP contribution in [0.1, 0.15) is 35.3 Å². The van der Waals surface area contributed by atoms with Crippen molar-refractivity contribution < 1.29 is 9.59 Å². The molecule has 0 radical (unpaired) electrons. The number of rotatable bonds is 6. The van der Waals surface area contributed by atoms with Crippen LogP contribution in [0.15, 0.2) is 84.9 Å². The molecule has 0 saturated heterocycles. The summed E-state index contributed by atoms with van der Waals surface area (Å²) in [6.45, 7) is 0.579. The highest BCUT2D eigenvalue weighted by atomic mass is 16.2. The van der Waals surface area contributed by atoms with E-state index in [1.54, 1.807) is 0 Å². The van der Waals surface area contributed by atoms with Gasteiger partial charge in [-0.05, 0) is 54.8 Å². The van der Waals surface area contributed by atoms with Gasteiger partial charge in [0.15, 0.2) is 0 Å². The van der Waals surface area contributed by atoms with Crippen LogP contribution in [-0.4, -0.2) is 16.4 Å². The van der Waals surface area contributed by atoms with Crippen molar-refractivity contribution in [1.29, 1.82) is 0 Å². The normalized spacial score (nSPS) is 13.5. The maximum atomic E-state index is 13.2. The molecule has 1 saturated carbocycles. The largest absolute Gasteiger partial charge is 0.332 e. The number of fused-ring (bicyclic) bond motifs is 1. The standard InChI is InChI=1S/C27H25N3O2/c31-26(20-10-7-11-20)29-23-14-15-24-21(16-23)17-25(27(32)28-22-12-5-2-6-13-22)30(24)18-19-8-3-1-4-9-19/h1-6,8-9,12-17,20H,7,10-11,18H2,(H,28,32)(H,29,31). The molecule has 1 heterocycles. The summed E-state index contributed by atoms with van der Waals surface area (Å²) in [4.78, 5) is 25.6. The van der Waals surface area contributed by atoms with E-state index in [1.807, 2.05) is 77.4 Å². The SMILES string of the molecule is O=C(Nc1ccccc1)c1cc2cc(NC(=O)C3CCC3)ccc2n1Cc1ccccc1. The van der Waals surface area contributed by atoms with Crippen LogP contribution in [-0.2, 0) is 11.3 Å². The lowest BCUT2D eigenvalue weighted by atomic mass is 9.85. The number of hydrogen-bond donors (Lipinski definition) is 2. The fraction of sp³-hybridized carbons (Fsp3) is 0.185. The van der Waals surface area contributed by atoms with E-state index >= 15 is 0 Å². The number of carbonyl (C=O) groups excluding carboxylic acids is 2. The molecule has 160 valence electrons. The number of para-hydroxylation sites is 1. The van der Waals surface area contributed by atoms with Crippen molar-refractivity contribution in [3.8, 4) is 0 Å². The summed E-state index contributed by atoms with van der Waals surface area (Å²) in [5, 5.41) is 6.95. The number of nitrogens with zero attached hydrogens (tertiary/aromatic N) is 1. The molecule has 5 rings (SSSR count). The van der Waals surface area contributed by atoms with Gasteiger partial charge in [0.1, 0.15) is 5.69 Å². The second kappa shape index (κ2) is 8.71. The summed E-state index contributed by atoms with van der Waals surface area (Å²) in [6.07, 6.45) is 3.05. The van der Waals surface area contributed by atoms with Gasteiger partial charge in [-0.1, -0.05) is 55.0 Å². The first kappa shape index (κ1) is 20.1. The Morgan fingerprint density at radius 2 is 1.53 bits per heavy atom. The van der Waals surface area contributed by atoms with Gasteiger partial charge >= 0.3 is 0 Å². The fourth-order valence-electron chi connectivity index (χ4n) is 4.10. The summed E-state index contributed by atoms with van der Waals surface area (Å²) >= 11 is 0. The lowest BCUT2D eigenvalue weighted by Crippen LogP contribution is -2.27. The van der Waals surface area contributed by atoms with Gasteiger partial charge in [0.25, 0.3) is 5.91 Å². The quantitative estimate of drug-likeness (QED) is 0.419. The first-order valence-electron chi connectivity index (χ1n) is 11.0. The van der Waals surface area contributed by atoms with Crippen LogP contribution >= 0.6 is 0 Å². The summed E-state index contributed by atoms with van der Waals surface area (Å²) in [5.74, 6) is 0.0466. The van der Waals surface area contributed by atoms with E-state index in [9.17, 15) is 9.59 Å². The molecule has 0 atom stereocenters. The third-order valence-electron chi connectivity index (χ3n) is 6.09. The van der Waals surface area contributed by atoms with Gasteiger partial charge in [0.2, 0.25) is 5.91 Å². The molecule has 4 aromatic rings. The highest BCUT2D eigenvalue weighted by Gasteiger charge is 2.25. The zero-order chi connectivity index (χ0) is 21.9. The number of benzene rings is 3. The van der Waals surface area contributed by atoms with Crippen LogP contribution in [0.4, 0.5) is 11.4 Å². The van der Waals surface area contributed by atoms with Crippen molar-refractivity contribution >= 4 is 34.1 Å². The number of anilines is 2. The summed E-state index contributed by atoms with van der Waals surface area (Å²) in [7, 11) is 0. The minimum Gasteiger partial charge on any atom is -0.332 e. The van der Waals surface area contributed by atoms with Crippen LogP contribution in [0.25, 0.3) is 10.9 Å². The van der Waals surface area contributed by atoms with E-state index in [1.165, 1.54) is 0 Å². The van der Waals surface area contributed by atoms with E-state index in [0.29, 0.717) is 12.2 Å². The number of amides is 2. The van der Waals surface area contributed by atoms with Crippen molar-refractivity contribution in [2.45, 2.75) is 25.8 Å². The molecule has 5 nitrogen and oxygen atoms in total. The lowest BCUT2D eigenvalue weighted by Gasteiger charge is -2.24. The summed E-state index contributed by atoms with van der Waals surface area (Å²) in [6, 6.07) is 27.3. The second-order valence-electron chi connectivity index (χ2n) is 8.31. The summed E-state index contributed by atoms with van der Waals surface area (Å²) in [5.41, 5.74) is 4.16. The number of hydrogen-bond acceptors (Lipinski definition) is 2. The van der Waals surface area contributed by atoms with Gasteiger partial charge < -0.3 is 15.2 Å². The topological polar surface area (TPSA) is 63.1 Å². The molecule has 2 N–H and O–H groups in total. The van der Waals surface area contributed by atoms with Crippen molar-refractivity contribution in [3.05, 3.63) is 96.2 Å². The predicted molar refractivity (Wildman–Crippen MR) is 128 cm³/mol. The zero-order valence-corrected chi connectivity index (χ0v) is 17.8. The maximum absolute atomic E-state index is 13.2. The number of carbonyl (C=O) groups is 2. The molecule has 1 aromatic heterocycles. The molecule has 1 aliphatic rings. The smallest absolute Gasteiger partial charge is 0.272 e. The number of aromatic nitrogens is 1. The molecule has 5 heteroatoms. The molecule has 0 spiro atoms. The molecular formula is C27H25N3O2. The molecule has 0 bridgehead atoms. The third kappa shape index (κ3) is 4.14. The minimum absolute atomic E-state index is 0.0846. The molecule has 1 fully saturated rings. The van der Waals surface area contributed by atoms with E-state index in [-0.39, 0.29) is 17.7 Å². The van der Waals surface area contributed by atoms with E-state index in [0.717, 1.165) is 47.1 Å². The Morgan fingerprint density at radius 1 is 0.812 bits per heavy atom. The van der Waals surface area contributed by atoms with Gasteiger partial charge in [-0.15, -0.1) is 0 Å². The van der Waals surface area contributed by atoms with E-state index < -0.39 is 0 Å². The van der Waals surface area contributed by atoms with Gasteiger partial charge in [-0.3, -0.25) is 9.59 Å². The molecule has 2 amide bonds. The monoisotopic (exact) mass is 423 g/mol. The lowest BCUT2D eigenvalue weighted by molar-refractivity contribution is -0.122. The fourth-order valence-corrected chi connectivity index (χ4v) is 4.10. The molecule has 1 aliphatic carbocycles. The van der Waals surface area contributed by atoms with Crippen molar-refractivity contribution in [3.63, 3.8) is 0 Å². The van der Waals surface area contributed by atoms with Crippen LogP contribution in [0, 0.1) is 5.92 Å². The zero-order valence-electron chi connectivity index (χ0n) is 17.8. The first-order valence-corrected chi connectivity index (χ1v) is 11.0. The molecule has 0 aliphatic heterocycles. The molecular weight excluding hydrogens is 398 g/mol. The van der Waals surface area contributed by atoms with Crippen LogP contribution in [0.3, 0.4) is 0 Å². The van der Waals surface area contributed by atoms with Gasteiger partial charge in [-0.25, -0.2) is 0 Å². The van der Waals surface area contributed by atoms with Gasteiger partial charge in [-0.2, -0.15) is 0 Å². The van der Waals surface area contributed by atoms with E-state index in [2.05, 4.69) is 22.8 Å². The van der Waals surface area contributed by atoms with Crippen LogP contribution < -0.4 is 10.6 Å². The molecule has 32 heavy (non-hydrogen) atoms. The van der Waals surface area contributed by atoms with Gasteiger partial charge in [0, 0.05) is 34.7 Å². The maximum Gasteiger partial charge on any atom is 0.272 e. The first-order chi connectivity index (χ1) is 15.7. The van der Waals surface area contributed by atoms with Gasteiger partial charge in [0.05, 0.1) is 0 Å². The Balaban J connectivity index is 1.49. The summed E-state index contributed by atoms with van der Waals surface area (Å²) < 4.78 is 2.03. The Hall–Kier alpha value is -3.86. The van der Waals surface area contributed by atoms with Crippen molar-refractivity contribution in [2.24, 2.45) is 5.92 Å². The minimum atomic E-state index is -0.164. The Labute approximate surface area is 187 Å². The molecule has 3 aromatic carbocycles. The van der Waals surface area contributed by atoms with E-state index in [4.69, 9.17) is 0 Å².